The predicted octanol–water partition coefficient (Wildman–Crippen LogP) is 2.01. The number of hydrogen-bond acceptors (Lipinski definition) is 1. The van der Waals surface area contributed by atoms with Gasteiger partial charge in [0.15, 0.2) is 0 Å². The molecule has 9 heavy (non-hydrogen) atoms. The molecule has 0 aliphatic rings. The Balaban J connectivity index is 3.72. The zero-order valence-corrected chi connectivity index (χ0v) is 6.86. The summed E-state index contributed by atoms with van der Waals surface area (Å²) in [5.41, 5.74) is 1.13. The predicted molar refractivity (Wildman–Crippen MR) is 42.2 cm³/mol. The summed E-state index contributed by atoms with van der Waals surface area (Å²) in [7, 11) is 1.92. The number of hydrogen-bond donors (Lipinski definition) is 1. The Morgan fingerprint density at radius 3 is 1.89 bits per heavy atom. The fraction of sp³-hybridized carbons (Fsp3) is 0.750. The van der Waals surface area contributed by atoms with Crippen LogP contribution in [0.15, 0.2) is 12.3 Å². The van der Waals surface area contributed by atoms with Crippen LogP contribution in [0.25, 0.3) is 0 Å². The number of nitrogens with one attached hydrogen (secondary N) is 1. The fourth-order valence-corrected chi connectivity index (χ4v) is 0.630. The molecule has 0 amide bonds. The third kappa shape index (κ3) is 2.54. The molecule has 1 atom stereocenters. The largest absolute Gasteiger partial charge is 0.392 e. The second-order valence-corrected chi connectivity index (χ2v) is 2.81. The van der Waals surface area contributed by atoms with Crippen LogP contribution in [0.5, 0.6) is 0 Å². The molecule has 0 saturated heterocycles. The van der Waals surface area contributed by atoms with Crippen molar-refractivity contribution in [3.05, 3.63) is 12.3 Å². The van der Waals surface area contributed by atoms with Gasteiger partial charge in [0, 0.05) is 12.7 Å². The van der Waals surface area contributed by atoms with Crippen LogP contribution >= 0.6 is 0 Å². The van der Waals surface area contributed by atoms with E-state index < -0.39 is 0 Å². The molecule has 1 N–H and O–H groups in total. The van der Waals surface area contributed by atoms with Crippen molar-refractivity contribution in [2.24, 2.45) is 11.8 Å². The molecular formula is C8H17N. The molecule has 0 bridgehead atoms. The Hall–Kier alpha value is -0.460. The van der Waals surface area contributed by atoms with E-state index in [0.717, 1.165) is 5.70 Å². The van der Waals surface area contributed by atoms with Crippen LogP contribution < -0.4 is 5.32 Å². The molecule has 0 aromatic carbocycles. The first kappa shape index (κ1) is 8.54. The molecule has 54 valence electrons. The van der Waals surface area contributed by atoms with Crippen LogP contribution in [0, 0.1) is 11.8 Å². The van der Waals surface area contributed by atoms with Crippen LogP contribution in [-0.4, -0.2) is 7.05 Å². The first-order valence-corrected chi connectivity index (χ1v) is 3.46. The summed E-state index contributed by atoms with van der Waals surface area (Å²) in [5, 5.41) is 3.05. The highest BCUT2D eigenvalue weighted by molar-refractivity contribution is 4.95. The molecule has 0 rings (SSSR count). The minimum Gasteiger partial charge on any atom is -0.392 e. The smallest absolute Gasteiger partial charge is 0.00623 e. The topological polar surface area (TPSA) is 12.0 Å². The van der Waals surface area contributed by atoms with Crippen molar-refractivity contribution in [2.45, 2.75) is 20.8 Å². The highest BCUT2D eigenvalue weighted by Gasteiger charge is 2.08. The van der Waals surface area contributed by atoms with Crippen molar-refractivity contribution >= 4 is 0 Å². The summed E-state index contributed by atoms with van der Waals surface area (Å²) in [6, 6.07) is 0. The van der Waals surface area contributed by atoms with E-state index in [0.29, 0.717) is 11.8 Å². The Morgan fingerprint density at radius 1 is 1.33 bits per heavy atom. The van der Waals surface area contributed by atoms with Crippen LogP contribution in [0.2, 0.25) is 0 Å². The van der Waals surface area contributed by atoms with Crippen LogP contribution in [0.1, 0.15) is 20.8 Å². The summed E-state index contributed by atoms with van der Waals surface area (Å²) in [4.78, 5) is 0. The summed E-state index contributed by atoms with van der Waals surface area (Å²) < 4.78 is 0. The monoisotopic (exact) mass is 127 g/mol. The average Bonchev–Trinajstić information content (AvgIpc) is 1.84. The lowest BCUT2D eigenvalue weighted by atomic mass is 9.95. The van der Waals surface area contributed by atoms with Crippen LogP contribution in [0.4, 0.5) is 0 Å². The standard InChI is InChI=1S/C8H17N/c1-6(2)7(3)8(4)9-5/h6-7,9H,4H2,1-3,5H3. The maximum Gasteiger partial charge on any atom is 0.00623 e. The summed E-state index contributed by atoms with van der Waals surface area (Å²) in [5.74, 6) is 1.26. The molecule has 0 heterocycles. The molecule has 0 aromatic heterocycles. The van der Waals surface area contributed by atoms with Gasteiger partial charge < -0.3 is 5.32 Å². The summed E-state index contributed by atoms with van der Waals surface area (Å²) in [6.07, 6.45) is 0. The lowest BCUT2D eigenvalue weighted by molar-refractivity contribution is 0.462. The first-order chi connectivity index (χ1) is 4.09. The van der Waals surface area contributed by atoms with Crippen molar-refractivity contribution in [2.75, 3.05) is 7.05 Å². The molecule has 0 saturated carbocycles. The van der Waals surface area contributed by atoms with E-state index in [-0.39, 0.29) is 0 Å². The van der Waals surface area contributed by atoms with Gasteiger partial charge in [0.2, 0.25) is 0 Å². The van der Waals surface area contributed by atoms with Crippen molar-refractivity contribution in [3.8, 4) is 0 Å². The summed E-state index contributed by atoms with van der Waals surface area (Å²) >= 11 is 0. The third-order valence-electron chi connectivity index (χ3n) is 1.87. The Kier molecular flexibility index (Phi) is 3.36. The third-order valence-corrected chi connectivity index (χ3v) is 1.87. The van der Waals surface area contributed by atoms with Gasteiger partial charge >= 0.3 is 0 Å². The highest BCUT2D eigenvalue weighted by Crippen LogP contribution is 2.14. The summed E-state index contributed by atoms with van der Waals surface area (Å²) in [6.45, 7) is 10.5. The van der Waals surface area contributed by atoms with Crippen LogP contribution in [0.3, 0.4) is 0 Å². The zero-order valence-electron chi connectivity index (χ0n) is 6.86. The molecule has 0 spiro atoms. The molecule has 0 aliphatic carbocycles. The highest BCUT2D eigenvalue weighted by atomic mass is 14.8. The normalized spacial score (nSPS) is 13.4. The number of rotatable bonds is 3. The minimum atomic E-state index is 0.579. The van der Waals surface area contributed by atoms with E-state index in [9.17, 15) is 0 Å². The van der Waals surface area contributed by atoms with E-state index >= 15 is 0 Å². The van der Waals surface area contributed by atoms with E-state index in [1.54, 1.807) is 0 Å². The molecular weight excluding hydrogens is 110 g/mol. The van der Waals surface area contributed by atoms with Gasteiger partial charge in [-0.3, -0.25) is 0 Å². The van der Waals surface area contributed by atoms with E-state index in [1.807, 2.05) is 7.05 Å². The van der Waals surface area contributed by atoms with Gasteiger partial charge in [-0.15, -0.1) is 0 Å². The minimum absolute atomic E-state index is 0.579. The number of allylic oxidation sites excluding steroid dienone is 1. The van der Waals surface area contributed by atoms with Crippen molar-refractivity contribution in [1.29, 1.82) is 0 Å². The van der Waals surface area contributed by atoms with Gasteiger partial charge in [0.05, 0.1) is 0 Å². The zero-order chi connectivity index (χ0) is 7.44. The van der Waals surface area contributed by atoms with Gasteiger partial charge in [-0.25, -0.2) is 0 Å². The Bertz CT molecular complexity index is 94.7. The molecule has 0 aromatic rings. The van der Waals surface area contributed by atoms with Crippen molar-refractivity contribution < 1.29 is 0 Å². The van der Waals surface area contributed by atoms with Gasteiger partial charge in [0.1, 0.15) is 0 Å². The lowest BCUT2D eigenvalue weighted by Crippen LogP contribution is -2.16. The second kappa shape index (κ2) is 3.54. The van der Waals surface area contributed by atoms with Crippen LogP contribution in [-0.2, 0) is 0 Å². The van der Waals surface area contributed by atoms with E-state index in [4.69, 9.17) is 0 Å². The fourth-order valence-electron chi connectivity index (χ4n) is 0.630. The molecule has 1 heteroatoms. The van der Waals surface area contributed by atoms with E-state index in [2.05, 4.69) is 32.7 Å². The van der Waals surface area contributed by atoms with Crippen molar-refractivity contribution in [1.82, 2.24) is 5.32 Å². The Labute approximate surface area is 58.2 Å². The molecule has 1 nitrogen and oxygen atoms in total. The van der Waals surface area contributed by atoms with Gasteiger partial charge in [-0.05, 0) is 11.8 Å². The maximum atomic E-state index is 3.88. The van der Waals surface area contributed by atoms with E-state index in [1.165, 1.54) is 0 Å². The Morgan fingerprint density at radius 2 is 1.78 bits per heavy atom. The van der Waals surface area contributed by atoms with Crippen molar-refractivity contribution in [3.63, 3.8) is 0 Å². The van der Waals surface area contributed by atoms with Gasteiger partial charge in [-0.2, -0.15) is 0 Å². The maximum absolute atomic E-state index is 3.88. The molecule has 0 aliphatic heterocycles. The van der Waals surface area contributed by atoms with Gasteiger partial charge in [0.25, 0.3) is 0 Å². The SMILES string of the molecule is C=C(NC)C(C)C(C)C. The lowest BCUT2D eigenvalue weighted by Gasteiger charge is -2.17. The molecule has 0 radical (unpaired) electrons. The average molecular weight is 127 g/mol. The molecule has 1 unspecified atom stereocenters. The second-order valence-electron chi connectivity index (χ2n) is 2.81. The molecule has 0 fully saturated rings. The van der Waals surface area contributed by atoms with Gasteiger partial charge in [-0.1, -0.05) is 27.4 Å². The quantitative estimate of drug-likeness (QED) is 0.611. The first-order valence-electron chi connectivity index (χ1n) is 3.46.